The van der Waals surface area contributed by atoms with Crippen molar-refractivity contribution in [2.75, 3.05) is 13.1 Å². The maximum Gasteiger partial charge on any atom is 0.213 e. The summed E-state index contributed by atoms with van der Waals surface area (Å²) in [6.07, 6.45) is 3.24. The second-order valence-corrected chi connectivity index (χ2v) is 3.85. The fourth-order valence-electron chi connectivity index (χ4n) is 2.14. The highest BCUT2D eigenvalue weighted by molar-refractivity contribution is 5.07. The SMILES string of the molecule is CCC1CNCCC1(N)c1ncon1. The molecule has 2 unspecified atom stereocenters. The first-order valence-electron chi connectivity index (χ1n) is 5.04. The second kappa shape index (κ2) is 3.67. The van der Waals surface area contributed by atoms with Crippen LogP contribution in [0.3, 0.4) is 0 Å². The van der Waals surface area contributed by atoms with Crippen LogP contribution in [0.4, 0.5) is 0 Å². The van der Waals surface area contributed by atoms with E-state index in [2.05, 4.69) is 22.4 Å². The Morgan fingerprint density at radius 1 is 1.79 bits per heavy atom. The summed E-state index contributed by atoms with van der Waals surface area (Å²) < 4.78 is 4.76. The molecule has 5 nitrogen and oxygen atoms in total. The van der Waals surface area contributed by atoms with Crippen LogP contribution in [0, 0.1) is 5.92 Å². The van der Waals surface area contributed by atoms with Crippen molar-refractivity contribution >= 4 is 0 Å². The Kier molecular flexibility index (Phi) is 2.52. The molecule has 0 saturated carbocycles. The molecule has 2 heterocycles. The summed E-state index contributed by atoms with van der Waals surface area (Å²) in [4.78, 5) is 4.08. The maximum atomic E-state index is 6.35. The monoisotopic (exact) mass is 196 g/mol. The molecule has 1 fully saturated rings. The lowest BCUT2D eigenvalue weighted by Crippen LogP contribution is -2.54. The van der Waals surface area contributed by atoms with Gasteiger partial charge in [-0.05, 0) is 25.3 Å². The van der Waals surface area contributed by atoms with Crippen LogP contribution in [0.2, 0.25) is 0 Å². The highest BCUT2D eigenvalue weighted by atomic mass is 16.5. The van der Waals surface area contributed by atoms with Crippen LogP contribution in [-0.4, -0.2) is 23.2 Å². The number of nitrogens with one attached hydrogen (secondary N) is 1. The lowest BCUT2D eigenvalue weighted by Gasteiger charge is -2.38. The van der Waals surface area contributed by atoms with Crippen molar-refractivity contribution < 1.29 is 4.52 Å². The molecule has 1 aliphatic rings. The molecule has 0 radical (unpaired) electrons. The minimum Gasteiger partial charge on any atom is -0.343 e. The molecule has 0 aromatic carbocycles. The quantitative estimate of drug-likeness (QED) is 0.708. The Labute approximate surface area is 83.1 Å². The molecular weight excluding hydrogens is 180 g/mol. The zero-order chi connectivity index (χ0) is 10.0. The first-order valence-corrected chi connectivity index (χ1v) is 5.04. The standard InChI is InChI=1S/C9H16N4O/c1-2-7-5-11-4-3-9(7,10)8-12-6-14-13-8/h6-7,11H,2-5,10H2,1H3. The first-order chi connectivity index (χ1) is 6.77. The summed E-state index contributed by atoms with van der Waals surface area (Å²) >= 11 is 0. The number of hydrogen-bond acceptors (Lipinski definition) is 5. The van der Waals surface area contributed by atoms with Gasteiger partial charge >= 0.3 is 0 Å². The van der Waals surface area contributed by atoms with Gasteiger partial charge in [-0.25, -0.2) is 0 Å². The molecule has 0 aliphatic carbocycles. The van der Waals surface area contributed by atoms with Gasteiger partial charge in [-0.1, -0.05) is 12.1 Å². The Hall–Kier alpha value is -0.940. The third kappa shape index (κ3) is 1.42. The van der Waals surface area contributed by atoms with Crippen molar-refractivity contribution in [2.45, 2.75) is 25.3 Å². The van der Waals surface area contributed by atoms with Crippen LogP contribution in [0.5, 0.6) is 0 Å². The zero-order valence-corrected chi connectivity index (χ0v) is 8.36. The molecule has 0 amide bonds. The molecule has 3 N–H and O–H groups in total. The topological polar surface area (TPSA) is 77.0 Å². The molecule has 1 aromatic heterocycles. The number of aromatic nitrogens is 2. The van der Waals surface area contributed by atoms with E-state index >= 15 is 0 Å². The number of piperidine rings is 1. The minimum atomic E-state index is -0.410. The van der Waals surface area contributed by atoms with E-state index in [0.717, 1.165) is 25.9 Å². The van der Waals surface area contributed by atoms with E-state index in [4.69, 9.17) is 10.3 Å². The van der Waals surface area contributed by atoms with Crippen molar-refractivity contribution in [1.29, 1.82) is 0 Å². The summed E-state index contributed by atoms with van der Waals surface area (Å²) in [5.41, 5.74) is 5.94. The van der Waals surface area contributed by atoms with Crippen molar-refractivity contribution in [3.05, 3.63) is 12.2 Å². The van der Waals surface area contributed by atoms with E-state index in [-0.39, 0.29) is 0 Å². The van der Waals surface area contributed by atoms with Crippen LogP contribution in [-0.2, 0) is 5.54 Å². The normalized spacial score (nSPS) is 33.1. The molecule has 1 aliphatic heterocycles. The molecular formula is C9H16N4O. The lowest BCUT2D eigenvalue weighted by atomic mass is 9.77. The van der Waals surface area contributed by atoms with Gasteiger partial charge in [-0.15, -0.1) is 0 Å². The highest BCUT2D eigenvalue weighted by Gasteiger charge is 2.41. The fraction of sp³-hybridized carbons (Fsp3) is 0.778. The van der Waals surface area contributed by atoms with Gasteiger partial charge in [0, 0.05) is 6.54 Å². The summed E-state index contributed by atoms with van der Waals surface area (Å²) in [5.74, 6) is 1.03. The van der Waals surface area contributed by atoms with Crippen molar-refractivity contribution in [3.63, 3.8) is 0 Å². The molecule has 0 bridgehead atoms. The Balaban J connectivity index is 2.27. The molecule has 78 valence electrons. The average molecular weight is 196 g/mol. The fourth-order valence-corrected chi connectivity index (χ4v) is 2.14. The third-order valence-electron chi connectivity index (χ3n) is 3.11. The highest BCUT2D eigenvalue weighted by Crippen LogP contribution is 2.32. The predicted molar refractivity (Wildman–Crippen MR) is 51.4 cm³/mol. The number of rotatable bonds is 2. The predicted octanol–water partition coefficient (Wildman–Crippen LogP) is 0.243. The summed E-state index contributed by atoms with van der Waals surface area (Å²) in [5, 5.41) is 7.21. The molecule has 2 atom stereocenters. The lowest BCUT2D eigenvalue weighted by molar-refractivity contribution is 0.184. The van der Waals surface area contributed by atoms with Gasteiger partial charge in [0.2, 0.25) is 6.39 Å². The summed E-state index contributed by atoms with van der Waals surface area (Å²) in [7, 11) is 0. The van der Waals surface area contributed by atoms with Crippen molar-refractivity contribution in [3.8, 4) is 0 Å². The Morgan fingerprint density at radius 3 is 3.29 bits per heavy atom. The smallest absolute Gasteiger partial charge is 0.213 e. The summed E-state index contributed by atoms with van der Waals surface area (Å²) in [6, 6.07) is 0. The minimum absolute atomic E-state index is 0.383. The third-order valence-corrected chi connectivity index (χ3v) is 3.11. The summed E-state index contributed by atoms with van der Waals surface area (Å²) in [6.45, 7) is 3.99. The average Bonchev–Trinajstić information content (AvgIpc) is 2.72. The van der Waals surface area contributed by atoms with Gasteiger partial charge in [-0.2, -0.15) is 4.98 Å². The van der Waals surface area contributed by atoms with E-state index in [1.165, 1.54) is 6.39 Å². The van der Waals surface area contributed by atoms with E-state index in [1.54, 1.807) is 0 Å². The van der Waals surface area contributed by atoms with Gasteiger partial charge < -0.3 is 15.6 Å². The van der Waals surface area contributed by atoms with Gasteiger partial charge in [0.05, 0.1) is 5.54 Å². The molecule has 14 heavy (non-hydrogen) atoms. The van der Waals surface area contributed by atoms with Crippen LogP contribution >= 0.6 is 0 Å². The van der Waals surface area contributed by atoms with Crippen molar-refractivity contribution in [1.82, 2.24) is 15.5 Å². The molecule has 1 aromatic rings. The first kappa shape index (κ1) is 9.61. The number of nitrogens with zero attached hydrogens (tertiary/aromatic N) is 2. The van der Waals surface area contributed by atoms with E-state index in [9.17, 15) is 0 Å². The Morgan fingerprint density at radius 2 is 2.64 bits per heavy atom. The Bertz CT molecular complexity index is 287. The van der Waals surface area contributed by atoms with Gasteiger partial charge in [0.25, 0.3) is 0 Å². The van der Waals surface area contributed by atoms with E-state index < -0.39 is 5.54 Å². The van der Waals surface area contributed by atoms with E-state index in [0.29, 0.717) is 11.7 Å². The van der Waals surface area contributed by atoms with Crippen molar-refractivity contribution in [2.24, 2.45) is 11.7 Å². The zero-order valence-electron chi connectivity index (χ0n) is 8.36. The molecule has 2 rings (SSSR count). The van der Waals surface area contributed by atoms with Gasteiger partial charge in [0.1, 0.15) is 0 Å². The molecule has 5 heteroatoms. The van der Waals surface area contributed by atoms with Crippen LogP contribution in [0.25, 0.3) is 0 Å². The van der Waals surface area contributed by atoms with Gasteiger partial charge in [-0.3, -0.25) is 0 Å². The van der Waals surface area contributed by atoms with Crippen LogP contribution in [0.15, 0.2) is 10.9 Å². The number of nitrogens with two attached hydrogens (primary N) is 1. The number of hydrogen-bond donors (Lipinski definition) is 2. The molecule has 1 saturated heterocycles. The van der Waals surface area contributed by atoms with Gasteiger partial charge in [0.15, 0.2) is 5.82 Å². The van der Waals surface area contributed by atoms with Crippen LogP contribution in [0.1, 0.15) is 25.6 Å². The van der Waals surface area contributed by atoms with E-state index in [1.807, 2.05) is 0 Å². The maximum absolute atomic E-state index is 6.35. The largest absolute Gasteiger partial charge is 0.343 e. The van der Waals surface area contributed by atoms with Crippen LogP contribution < -0.4 is 11.1 Å². The molecule has 0 spiro atoms. The second-order valence-electron chi connectivity index (χ2n) is 3.85.